The van der Waals surface area contributed by atoms with Crippen molar-refractivity contribution >= 4 is 27.3 Å². The standard InChI is InChI=1S/C15H16ClNO2S/c1-10-4-7-15(12(3)8-10)17-20(18,19)13-5-6-14(16)11(2)9-13/h4-9,17H,1-3H3. The number of hydrogen-bond donors (Lipinski definition) is 1. The van der Waals surface area contributed by atoms with Crippen LogP contribution in [0.4, 0.5) is 5.69 Å². The molecule has 20 heavy (non-hydrogen) atoms. The lowest BCUT2D eigenvalue weighted by atomic mass is 10.1. The molecule has 0 aliphatic heterocycles. The van der Waals surface area contributed by atoms with Crippen LogP contribution in [-0.2, 0) is 10.0 Å². The molecule has 5 heteroatoms. The summed E-state index contributed by atoms with van der Waals surface area (Å²) in [6, 6.07) is 10.2. The predicted octanol–water partition coefficient (Wildman–Crippen LogP) is 4.07. The van der Waals surface area contributed by atoms with Gasteiger partial charge in [-0.3, -0.25) is 4.72 Å². The molecular formula is C15H16ClNO2S. The molecule has 3 nitrogen and oxygen atoms in total. The number of aryl methyl sites for hydroxylation is 3. The third kappa shape index (κ3) is 3.14. The molecule has 0 aliphatic carbocycles. The minimum absolute atomic E-state index is 0.208. The molecule has 0 aliphatic rings. The van der Waals surface area contributed by atoms with Gasteiger partial charge >= 0.3 is 0 Å². The summed E-state index contributed by atoms with van der Waals surface area (Å²) >= 11 is 5.92. The molecule has 2 aromatic rings. The van der Waals surface area contributed by atoms with Crippen molar-refractivity contribution in [2.75, 3.05) is 4.72 Å². The summed E-state index contributed by atoms with van der Waals surface area (Å²) in [5, 5.41) is 0.551. The molecule has 2 rings (SSSR count). The summed E-state index contributed by atoms with van der Waals surface area (Å²) in [4.78, 5) is 0.208. The first-order valence-corrected chi connectivity index (χ1v) is 8.02. The van der Waals surface area contributed by atoms with Gasteiger partial charge < -0.3 is 0 Å². The Morgan fingerprint density at radius 1 is 0.950 bits per heavy atom. The highest BCUT2D eigenvalue weighted by Gasteiger charge is 2.16. The van der Waals surface area contributed by atoms with Crippen molar-refractivity contribution < 1.29 is 8.42 Å². The Morgan fingerprint density at radius 3 is 2.25 bits per heavy atom. The van der Waals surface area contributed by atoms with E-state index in [1.807, 2.05) is 26.0 Å². The van der Waals surface area contributed by atoms with Crippen molar-refractivity contribution in [2.45, 2.75) is 25.7 Å². The van der Waals surface area contributed by atoms with Crippen LogP contribution in [0.3, 0.4) is 0 Å². The fourth-order valence-electron chi connectivity index (χ4n) is 1.92. The van der Waals surface area contributed by atoms with Crippen molar-refractivity contribution in [1.82, 2.24) is 0 Å². The molecule has 0 amide bonds. The van der Waals surface area contributed by atoms with E-state index in [1.54, 1.807) is 25.1 Å². The van der Waals surface area contributed by atoms with Gasteiger partial charge in [0.15, 0.2) is 0 Å². The van der Waals surface area contributed by atoms with Crippen molar-refractivity contribution in [2.24, 2.45) is 0 Å². The quantitative estimate of drug-likeness (QED) is 0.929. The highest BCUT2D eigenvalue weighted by molar-refractivity contribution is 7.92. The van der Waals surface area contributed by atoms with Crippen LogP contribution in [0.5, 0.6) is 0 Å². The molecule has 0 saturated heterocycles. The van der Waals surface area contributed by atoms with Crippen LogP contribution >= 0.6 is 11.6 Å². The van der Waals surface area contributed by atoms with Crippen LogP contribution in [0.2, 0.25) is 5.02 Å². The molecule has 1 N–H and O–H groups in total. The predicted molar refractivity (Wildman–Crippen MR) is 82.9 cm³/mol. The lowest BCUT2D eigenvalue weighted by Crippen LogP contribution is -2.14. The summed E-state index contributed by atoms with van der Waals surface area (Å²) < 4.78 is 27.3. The van der Waals surface area contributed by atoms with E-state index in [0.717, 1.165) is 16.7 Å². The topological polar surface area (TPSA) is 46.2 Å². The van der Waals surface area contributed by atoms with Gasteiger partial charge in [0.05, 0.1) is 10.6 Å². The maximum Gasteiger partial charge on any atom is 0.261 e. The molecule has 0 heterocycles. The zero-order chi connectivity index (χ0) is 14.9. The molecular weight excluding hydrogens is 294 g/mol. The van der Waals surface area contributed by atoms with Crippen molar-refractivity contribution in [3.63, 3.8) is 0 Å². The minimum atomic E-state index is -3.60. The first kappa shape index (κ1) is 14.9. The second kappa shape index (κ2) is 5.46. The minimum Gasteiger partial charge on any atom is -0.279 e. The van der Waals surface area contributed by atoms with E-state index in [4.69, 9.17) is 11.6 Å². The first-order chi connectivity index (χ1) is 9.29. The molecule has 0 fully saturated rings. The largest absolute Gasteiger partial charge is 0.279 e. The number of benzene rings is 2. The molecule has 0 aromatic heterocycles. The van der Waals surface area contributed by atoms with Gasteiger partial charge in [-0.15, -0.1) is 0 Å². The average molecular weight is 310 g/mol. The Labute approximate surface area is 124 Å². The maximum absolute atomic E-state index is 12.3. The maximum atomic E-state index is 12.3. The van der Waals surface area contributed by atoms with Gasteiger partial charge in [0.25, 0.3) is 10.0 Å². The smallest absolute Gasteiger partial charge is 0.261 e. The zero-order valence-electron chi connectivity index (χ0n) is 11.6. The van der Waals surface area contributed by atoms with Crippen LogP contribution in [0, 0.1) is 20.8 Å². The van der Waals surface area contributed by atoms with E-state index < -0.39 is 10.0 Å². The van der Waals surface area contributed by atoms with Crippen LogP contribution in [0.1, 0.15) is 16.7 Å². The van der Waals surface area contributed by atoms with E-state index in [-0.39, 0.29) is 4.90 Å². The Bertz CT molecular complexity index is 754. The molecule has 0 saturated carbocycles. The first-order valence-electron chi connectivity index (χ1n) is 6.16. The molecule has 0 bridgehead atoms. The lowest BCUT2D eigenvalue weighted by molar-refractivity contribution is 0.601. The second-order valence-corrected chi connectivity index (χ2v) is 6.92. The highest BCUT2D eigenvalue weighted by Crippen LogP contribution is 2.23. The van der Waals surface area contributed by atoms with E-state index in [0.29, 0.717) is 10.7 Å². The van der Waals surface area contributed by atoms with Gasteiger partial charge in [-0.1, -0.05) is 29.3 Å². The summed E-state index contributed by atoms with van der Waals surface area (Å²) in [7, 11) is -3.60. The van der Waals surface area contributed by atoms with Crippen molar-refractivity contribution in [1.29, 1.82) is 0 Å². The fourth-order valence-corrected chi connectivity index (χ4v) is 3.25. The molecule has 0 unspecified atom stereocenters. The molecule has 2 aromatic carbocycles. The lowest BCUT2D eigenvalue weighted by Gasteiger charge is -2.12. The number of halogens is 1. The van der Waals surface area contributed by atoms with E-state index in [2.05, 4.69) is 4.72 Å². The summed E-state index contributed by atoms with van der Waals surface area (Å²) in [5.41, 5.74) is 3.30. The van der Waals surface area contributed by atoms with Crippen LogP contribution in [0.25, 0.3) is 0 Å². The van der Waals surface area contributed by atoms with Crippen molar-refractivity contribution in [3.8, 4) is 0 Å². The van der Waals surface area contributed by atoms with E-state index in [1.165, 1.54) is 6.07 Å². The Morgan fingerprint density at radius 2 is 1.65 bits per heavy atom. The zero-order valence-corrected chi connectivity index (χ0v) is 13.1. The van der Waals surface area contributed by atoms with Gasteiger partial charge in [0.2, 0.25) is 0 Å². The van der Waals surface area contributed by atoms with Gasteiger partial charge in [-0.25, -0.2) is 8.42 Å². The van der Waals surface area contributed by atoms with Gasteiger partial charge in [0.1, 0.15) is 0 Å². The number of nitrogens with one attached hydrogen (secondary N) is 1. The van der Waals surface area contributed by atoms with Gasteiger partial charge in [-0.2, -0.15) is 0 Å². The van der Waals surface area contributed by atoms with Crippen molar-refractivity contribution in [3.05, 3.63) is 58.1 Å². The number of rotatable bonds is 3. The molecule has 0 spiro atoms. The third-order valence-electron chi connectivity index (χ3n) is 3.07. The normalized spacial score (nSPS) is 11.4. The Kier molecular flexibility index (Phi) is 4.06. The Hall–Kier alpha value is -1.52. The average Bonchev–Trinajstić information content (AvgIpc) is 2.36. The number of sulfonamides is 1. The number of hydrogen-bond acceptors (Lipinski definition) is 2. The van der Waals surface area contributed by atoms with Crippen LogP contribution < -0.4 is 4.72 Å². The number of anilines is 1. The fraction of sp³-hybridized carbons (Fsp3) is 0.200. The summed E-state index contributed by atoms with van der Waals surface area (Å²) in [6.07, 6.45) is 0. The third-order valence-corrected chi connectivity index (χ3v) is 4.85. The molecule has 106 valence electrons. The van der Waals surface area contributed by atoms with Crippen LogP contribution in [-0.4, -0.2) is 8.42 Å². The summed E-state index contributed by atoms with van der Waals surface area (Å²) in [6.45, 7) is 5.62. The SMILES string of the molecule is Cc1ccc(NS(=O)(=O)c2ccc(Cl)c(C)c2)c(C)c1. The van der Waals surface area contributed by atoms with Crippen LogP contribution in [0.15, 0.2) is 41.3 Å². The highest BCUT2D eigenvalue weighted by atomic mass is 35.5. The second-order valence-electron chi connectivity index (χ2n) is 4.83. The van der Waals surface area contributed by atoms with Gasteiger partial charge in [-0.05, 0) is 56.2 Å². The Balaban J connectivity index is 2.38. The molecule has 0 atom stereocenters. The monoisotopic (exact) mass is 309 g/mol. The van der Waals surface area contributed by atoms with E-state index in [9.17, 15) is 8.42 Å². The van der Waals surface area contributed by atoms with E-state index >= 15 is 0 Å². The summed E-state index contributed by atoms with van der Waals surface area (Å²) in [5.74, 6) is 0. The molecule has 0 radical (unpaired) electrons. The van der Waals surface area contributed by atoms with Gasteiger partial charge in [0, 0.05) is 5.02 Å².